The van der Waals surface area contributed by atoms with Gasteiger partial charge in [0.05, 0.1) is 16.6 Å². The number of carbonyl (C=O) groups excluding carboxylic acids is 1. The molecule has 0 aliphatic carbocycles. The average molecular weight is 343 g/mol. The summed E-state index contributed by atoms with van der Waals surface area (Å²) in [5.74, 6) is 0.208. The highest BCUT2D eigenvalue weighted by Gasteiger charge is 2.04. The van der Waals surface area contributed by atoms with Crippen LogP contribution in [-0.2, 0) is 0 Å². The minimum atomic E-state index is -0.388. The summed E-state index contributed by atoms with van der Waals surface area (Å²) in [7, 11) is 0. The first kappa shape index (κ1) is 16.4. The lowest BCUT2D eigenvalue weighted by atomic mass is 10.3. The minimum Gasteiger partial charge on any atom is -0.492 e. The van der Waals surface area contributed by atoms with E-state index in [0.29, 0.717) is 28.0 Å². The normalized spacial score (nSPS) is 10.1. The Bertz CT molecular complexity index is 650. The molecular weight excluding hydrogens is 330 g/mol. The molecule has 0 atom stereocenters. The van der Waals surface area contributed by atoms with E-state index in [9.17, 15) is 9.18 Å². The number of carbonyl (C=O) groups is 1. The molecule has 22 heavy (non-hydrogen) atoms. The summed E-state index contributed by atoms with van der Waals surface area (Å²) in [6.45, 7) is 0.560. The van der Waals surface area contributed by atoms with E-state index in [0.717, 1.165) is 0 Å². The highest BCUT2D eigenvalue weighted by atomic mass is 35.5. The Morgan fingerprint density at radius 3 is 2.50 bits per heavy atom. The maximum atomic E-state index is 12.7. The van der Waals surface area contributed by atoms with Gasteiger partial charge in [0.1, 0.15) is 18.2 Å². The van der Waals surface area contributed by atoms with E-state index in [1.807, 2.05) is 0 Å². The van der Waals surface area contributed by atoms with Crippen LogP contribution in [0.5, 0.6) is 5.75 Å². The maximum absolute atomic E-state index is 12.7. The monoisotopic (exact) mass is 342 g/mol. The first-order valence-corrected chi connectivity index (χ1v) is 7.18. The van der Waals surface area contributed by atoms with Crippen LogP contribution in [-0.4, -0.2) is 19.2 Å². The molecule has 0 fully saturated rings. The number of nitrogens with one attached hydrogen (secondary N) is 2. The van der Waals surface area contributed by atoms with Gasteiger partial charge in [-0.1, -0.05) is 23.2 Å². The molecule has 116 valence electrons. The van der Waals surface area contributed by atoms with Crippen LogP contribution in [0.2, 0.25) is 10.0 Å². The van der Waals surface area contributed by atoms with Gasteiger partial charge in [-0.3, -0.25) is 0 Å². The number of urea groups is 1. The van der Waals surface area contributed by atoms with Crippen molar-refractivity contribution in [3.63, 3.8) is 0 Å². The molecule has 2 amide bonds. The van der Waals surface area contributed by atoms with Gasteiger partial charge in [0.15, 0.2) is 0 Å². The molecule has 0 saturated carbocycles. The van der Waals surface area contributed by atoms with E-state index in [-0.39, 0.29) is 18.5 Å². The Morgan fingerprint density at radius 1 is 1.09 bits per heavy atom. The Morgan fingerprint density at radius 2 is 1.82 bits per heavy atom. The molecule has 7 heteroatoms. The number of benzene rings is 2. The molecule has 2 N–H and O–H groups in total. The Balaban J connectivity index is 1.71. The number of halogens is 3. The number of amides is 2. The number of hydrogen-bond donors (Lipinski definition) is 2. The van der Waals surface area contributed by atoms with E-state index in [1.54, 1.807) is 18.2 Å². The first-order valence-electron chi connectivity index (χ1n) is 6.43. The highest BCUT2D eigenvalue weighted by molar-refractivity contribution is 6.42. The van der Waals surface area contributed by atoms with Gasteiger partial charge in [-0.25, -0.2) is 9.18 Å². The maximum Gasteiger partial charge on any atom is 0.319 e. The van der Waals surface area contributed by atoms with Gasteiger partial charge in [0, 0.05) is 5.69 Å². The van der Waals surface area contributed by atoms with Crippen molar-refractivity contribution in [2.24, 2.45) is 0 Å². The fraction of sp³-hybridized carbons (Fsp3) is 0.133. The third-order valence-electron chi connectivity index (χ3n) is 2.65. The standard InChI is InChI=1S/C15H13Cl2FN2O2/c16-13-6-3-11(9-14(13)17)20-15(21)19-7-8-22-12-4-1-10(18)2-5-12/h1-6,9H,7-8H2,(H2,19,20,21). The molecule has 2 aromatic rings. The van der Waals surface area contributed by atoms with Crippen LogP contribution >= 0.6 is 23.2 Å². The van der Waals surface area contributed by atoms with Crippen LogP contribution in [0.1, 0.15) is 0 Å². The van der Waals surface area contributed by atoms with Crippen molar-refractivity contribution in [1.29, 1.82) is 0 Å². The number of anilines is 1. The second-order valence-corrected chi connectivity index (χ2v) is 5.13. The fourth-order valence-electron chi connectivity index (χ4n) is 1.61. The number of hydrogen-bond acceptors (Lipinski definition) is 2. The largest absolute Gasteiger partial charge is 0.492 e. The van der Waals surface area contributed by atoms with Crippen LogP contribution in [0.4, 0.5) is 14.9 Å². The van der Waals surface area contributed by atoms with Gasteiger partial charge in [-0.2, -0.15) is 0 Å². The Labute approximate surface area is 137 Å². The lowest BCUT2D eigenvalue weighted by molar-refractivity contribution is 0.247. The van der Waals surface area contributed by atoms with Gasteiger partial charge < -0.3 is 15.4 Å². The predicted octanol–water partition coefficient (Wildman–Crippen LogP) is 4.33. The van der Waals surface area contributed by atoms with Crippen molar-refractivity contribution in [2.45, 2.75) is 0 Å². The smallest absolute Gasteiger partial charge is 0.319 e. The van der Waals surface area contributed by atoms with Gasteiger partial charge in [-0.05, 0) is 42.5 Å². The summed E-state index contributed by atoms with van der Waals surface area (Å²) in [6, 6.07) is 10.1. The molecular formula is C15H13Cl2FN2O2. The molecule has 0 saturated heterocycles. The van der Waals surface area contributed by atoms with E-state index >= 15 is 0 Å². The predicted molar refractivity (Wildman–Crippen MR) is 85.4 cm³/mol. The average Bonchev–Trinajstić information content (AvgIpc) is 2.49. The van der Waals surface area contributed by atoms with Gasteiger partial charge in [0.2, 0.25) is 0 Å². The summed E-state index contributed by atoms with van der Waals surface area (Å²) in [5, 5.41) is 6.02. The molecule has 0 aliphatic heterocycles. The van der Waals surface area contributed by atoms with Crippen LogP contribution in [0.3, 0.4) is 0 Å². The molecule has 0 aromatic heterocycles. The molecule has 0 aliphatic rings. The second kappa shape index (κ2) is 7.87. The quantitative estimate of drug-likeness (QED) is 0.794. The van der Waals surface area contributed by atoms with Crippen molar-refractivity contribution in [2.75, 3.05) is 18.5 Å². The Kier molecular flexibility index (Phi) is 5.86. The van der Waals surface area contributed by atoms with Gasteiger partial charge in [-0.15, -0.1) is 0 Å². The van der Waals surface area contributed by atoms with Crippen LogP contribution in [0.25, 0.3) is 0 Å². The zero-order valence-corrected chi connectivity index (χ0v) is 12.9. The first-order chi connectivity index (χ1) is 10.5. The summed E-state index contributed by atoms with van der Waals surface area (Å²) in [4.78, 5) is 11.7. The molecule has 0 unspecified atom stereocenters. The Hall–Kier alpha value is -1.98. The number of rotatable bonds is 5. The zero-order valence-electron chi connectivity index (χ0n) is 11.4. The summed E-state index contributed by atoms with van der Waals surface area (Å²) < 4.78 is 18.1. The fourth-order valence-corrected chi connectivity index (χ4v) is 1.91. The van der Waals surface area contributed by atoms with Crippen molar-refractivity contribution in [3.8, 4) is 5.75 Å². The van der Waals surface area contributed by atoms with Crippen molar-refractivity contribution in [3.05, 3.63) is 58.3 Å². The van der Waals surface area contributed by atoms with E-state index in [4.69, 9.17) is 27.9 Å². The lowest BCUT2D eigenvalue weighted by Gasteiger charge is -2.09. The third kappa shape index (κ3) is 5.09. The molecule has 0 heterocycles. The molecule has 2 aromatic carbocycles. The summed E-state index contributed by atoms with van der Waals surface area (Å²) in [6.07, 6.45) is 0. The minimum absolute atomic E-state index is 0.264. The van der Waals surface area contributed by atoms with Crippen molar-refractivity contribution in [1.82, 2.24) is 5.32 Å². The van der Waals surface area contributed by atoms with Crippen LogP contribution in [0, 0.1) is 5.82 Å². The summed E-state index contributed by atoms with van der Waals surface area (Å²) >= 11 is 11.6. The van der Waals surface area contributed by atoms with E-state index in [1.165, 1.54) is 24.3 Å². The van der Waals surface area contributed by atoms with Crippen LogP contribution < -0.4 is 15.4 Å². The highest BCUT2D eigenvalue weighted by Crippen LogP contribution is 2.24. The van der Waals surface area contributed by atoms with Crippen molar-refractivity contribution >= 4 is 34.9 Å². The molecule has 4 nitrogen and oxygen atoms in total. The lowest BCUT2D eigenvalue weighted by Crippen LogP contribution is -2.32. The SMILES string of the molecule is O=C(NCCOc1ccc(F)cc1)Nc1ccc(Cl)c(Cl)c1. The van der Waals surface area contributed by atoms with E-state index < -0.39 is 0 Å². The second-order valence-electron chi connectivity index (χ2n) is 4.31. The summed E-state index contributed by atoms with van der Waals surface area (Å²) in [5.41, 5.74) is 0.534. The molecule has 0 spiro atoms. The molecule has 2 rings (SSSR count). The topological polar surface area (TPSA) is 50.4 Å². The molecule has 0 radical (unpaired) electrons. The number of ether oxygens (including phenoxy) is 1. The van der Waals surface area contributed by atoms with Crippen LogP contribution in [0.15, 0.2) is 42.5 Å². The van der Waals surface area contributed by atoms with Crippen molar-refractivity contribution < 1.29 is 13.9 Å². The van der Waals surface area contributed by atoms with E-state index in [2.05, 4.69) is 10.6 Å². The van der Waals surface area contributed by atoms with Gasteiger partial charge >= 0.3 is 6.03 Å². The molecule has 0 bridgehead atoms. The van der Waals surface area contributed by atoms with Gasteiger partial charge in [0.25, 0.3) is 0 Å². The third-order valence-corrected chi connectivity index (χ3v) is 3.39. The zero-order chi connectivity index (χ0) is 15.9.